The fourth-order valence-corrected chi connectivity index (χ4v) is 2.40. The van der Waals surface area contributed by atoms with Crippen molar-refractivity contribution in [1.82, 2.24) is 10.6 Å². The summed E-state index contributed by atoms with van der Waals surface area (Å²) in [7, 11) is 0. The van der Waals surface area contributed by atoms with Crippen LogP contribution in [0.5, 0.6) is 0 Å². The zero-order valence-corrected chi connectivity index (χ0v) is 9.10. The second-order valence-corrected chi connectivity index (χ2v) is 4.64. The second kappa shape index (κ2) is 4.28. The third-order valence-electron chi connectivity index (χ3n) is 3.76. The molecule has 2 rings (SSSR count). The summed E-state index contributed by atoms with van der Waals surface area (Å²) in [5.74, 6) is 0. The van der Waals surface area contributed by atoms with Crippen LogP contribution >= 0.6 is 0 Å². The van der Waals surface area contributed by atoms with Crippen LogP contribution in [0.1, 0.15) is 26.7 Å². The fourth-order valence-electron chi connectivity index (χ4n) is 2.40. The van der Waals surface area contributed by atoms with Crippen molar-refractivity contribution >= 4 is 6.41 Å². The predicted molar refractivity (Wildman–Crippen MR) is 56.9 cm³/mol. The van der Waals surface area contributed by atoms with E-state index in [0.717, 1.165) is 0 Å². The summed E-state index contributed by atoms with van der Waals surface area (Å²) in [6.07, 6.45) is 2.96. The molecule has 82 valence electrons. The summed E-state index contributed by atoms with van der Waals surface area (Å²) in [6, 6.07) is 0. The van der Waals surface area contributed by atoms with E-state index in [1.165, 1.54) is 32.5 Å². The highest BCUT2D eigenvalue weighted by molar-refractivity contribution is 5.42. The molecule has 0 aromatic rings. The van der Waals surface area contributed by atoms with Gasteiger partial charge in [0.05, 0.1) is 0 Å². The molecule has 0 saturated carbocycles. The number of hydrogen-bond acceptors (Lipinski definition) is 3. The highest BCUT2D eigenvalue weighted by atomic mass is 16.1. The Bertz CT molecular complexity index is 198. The van der Waals surface area contributed by atoms with E-state index in [1.807, 2.05) is 0 Å². The number of carbonyl (C=O) groups is 1. The molecule has 14 heavy (non-hydrogen) atoms. The lowest BCUT2D eigenvalue weighted by Crippen LogP contribution is -2.71. The van der Waals surface area contributed by atoms with Crippen LogP contribution in [0.4, 0.5) is 0 Å². The minimum Gasteiger partial charge on any atom is -0.372 e. The molecule has 0 atom stereocenters. The van der Waals surface area contributed by atoms with Gasteiger partial charge in [-0.3, -0.25) is 4.79 Å². The van der Waals surface area contributed by atoms with E-state index in [-0.39, 0.29) is 6.41 Å². The Hall–Kier alpha value is -0.610. The third-order valence-corrected chi connectivity index (χ3v) is 3.76. The molecule has 4 N–H and O–H groups in total. The Morgan fingerprint density at radius 2 is 1.79 bits per heavy atom. The quantitative estimate of drug-likeness (QED) is 0.475. The zero-order chi connectivity index (χ0) is 10.7. The van der Waals surface area contributed by atoms with Crippen LogP contribution in [0.2, 0.25) is 0 Å². The molecule has 2 aliphatic rings. The first-order valence-corrected chi connectivity index (χ1v) is 5.19. The van der Waals surface area contributed by atoms with Gasteiger partial charge in [0.15, 0.2) is 0 Å². The summed E-state index contributed by atoms with van der Waals surface area (Å²) < 4.78 is 0. The standard InChI is InChI=1S/C9H18N2.CH3NO/c1-8(2)9(7-11-8)3-5-10-6-4-9;2-1-3/h10-11H,3-7H2,1-2H3;1H,(H2,2,3). The number of rotatable bonds is 0. The normalized spacial score (nSPS) is 27.0. The van der Waals surface area contributed by atoms with Crippen molar-refractivity contribution in [1.29, 1.82) is 0 Å². The summed E-state index contributed by atoms with van der Waals surface area (Å²) in [6.45, 7) is 8.33. The van der Waals surface area contributed by atoms with Gasteiger partial charge in [-0.2, -0.15) is 0 Å². The van der Waals surface area contributed by atoms with Crippen molar-refractivity contribution < 1.29 is 4.79 Å². The Balaban J connectivity index is 0.000000293. The van der Waals surface area contributed by atoms with Crippen molar-refractivity contribution in [3.8, 4) is 0 Å². The van der Waals surface area contributed by atoms with Gasteiger partial charge >= 0.3 is 0 Å². The Labute approximate surface area is 85.6 Å². The maximum atomic E-state index is 8.58. The Kier molecular flexibility index (Phi) is 3.50. The van der Waals surface area contributed by atoms with Crippen LogP contribution in [-0.4, -0.2) is 31.6 Å². The topological polar surface area (TPSA) is 67.2 Å². The van der Waals surface area contributed by atoms with Crippen LogP contribution in [-0.2, 0) is 4.79 Å². The van der Waals surface area contributed by atoms with Gasteiger partial charge in [0.1, 0.15) is 0 Å². The van der Waals surface area contributed by atoms with Crippen molar-refractivity contribution in [3.05, 3.63) is 0 Å². The molecular formula is C10H21N3O. The number of piperidine rings is 1. The van der Waals surface area contributed by atoms with E-state index >= 15 is 0 Å². The molecule has 4 heteroatoms. The molecule has 0 aliphatic carbocycles. The molecule has 4 nitrogen and oxygen atoms in total. The lowest BCUT2D eigenvalue weighted by atomic mass is 9.60. The molecule has 0 aromatic heterocycles. The summed E-state index contributed by atoms with van der Waals surface area (Å²) in [4.78, 5) is 8.58. The Morgan fingerprint density at radius 3 is 2.00 bits per heavy atom. The molecule has 2 fully saturated rings. The first kappa shape index (κ1) is 11.5. The molecule has 1 spiro atoms. The van der Waals surface area contributed by atoms with Crippen LogP contribution < -0.4 is 16.4 Å². The van der Waals surface area contributed by atoms with Gasteiger partial charge in [0.25, 0.3) is 0 Å². The highest BCUT2D eigenvalue weighted by Gasteiger charge is 2.52. The van der Waals surface area contributed by atoms with Crippen LogP contribution in [0, 0.1) is 5.41 Å². The molecule has 2 aliphatic heterocycles. The first-order chi connectivity index (χ1) is 6.58. The summed E-state index contributed by atoms with van der Waals surface area (Å²) in [5.41, 5.74) is 5.19. The average molecular weight is 199 g/mol. The molecule has 0 aromatic carbocycles. The zero-order valence-electron chi connectivity index (χ0n) is 9.10. The Morgan fingerprint density at radius 1 is 1.29 bits per heavy atom. The smallest absolute Gasteiger partial charge is 0.204 e. The van der Waals surface area contributed by atoms with E-state index in [1.54, 1.807) is 0 Å². The largest absolute Gasteiger partial charge is 0.372 e. The maximum Gasteiger partial charge on any atom is 0.204 e. The summed E-state index contributed by atoms with van der Waals surface area (Å²) >= 11 is 0. The van der Waals surface area contributed by atoms with E-state index in [0.29, 0.717) is 11.0 Å². The van der Waals surface area contributed by atoms with Gasteiger partial charge < -0.3 is 16.4 Å². The second-order valence-electron chi connectivity index (χ2n) is 4.64. The lowest BCUT2D eigenvalue weighted by Gasteiger charge is -2.59. The fraction of sp³-hybridized carbons (Fsp3) is 0.900. The highest BCUT2D eigenvalue weighted by Crippen LogP contribution is 2.45. The van der Waals surface area contributed by atoms with Crippen molar-refractivity contribution in [2.45, 2.75) is 32.2 Å². The molecule has 2 saturated heterocycles. The first-order valence-electron chi connectivity index (χ1n) is 5.19. The molecule has 1 amide bonds. The number of nitrogens with two attached hydrogens (primary N) is 1. The third kappa shape index (κ3) is 1.91. The lowest BCUT2D eigenvalue weighted by molar-refractivity contribution is -0.106. The number of hydrogen-bond donors (Lipinski definition) is 3. The number of carbonyl (C=O) groups excluding carboxylic acids is 1. The van der Waals surface area contributed by atoms with Gasteiger partial charge in [-0.25, -0.2) is 0 Å². The van der Waals surface area contributed by atoms with Gasteiger partial charge in [-0.1, -0.05) is 0 Å². The summed E-state index contributed by atoms with van der Waals surface area (Å²) in [5, 5.41) is 6.94. The van der Waals surface area contributed by atoms with Crippen LogP contribution in [0.3, 0.4) is 0 Å². The van der Waals surface area contributed by atoms with Gasteiger partial charge in [-0.05, 0) is 39.8 Å². The molecular weight excluding hydrogens is 178 g/mol. The average Bonchev–Trinajstić information content (AvgIpc) is 2.19. The van der Waals surface area contributed by atoms with E-state index in [2.05, 4.69) is 30.2 Å². The van der Waals surface area contributed by atoms with E-state index in [9.17, 15) is 0 Å². The van der Waals surface area contributed by atoms with Gasteiger partial charge in [0, 0.05) is 17.5 Å². The van der Waals surface area contributed by atoms with Crippen molar-refractivity contribution in [2.24, 2.45) is 11.1 Å². The number of primary amides is 1. The molecule has 0 radical (unpaired) electrons. The van der Waals surface area contributed by atoms with E-state index < -0.39 is 0 Å². The molecule has 0 unspecified atom stereocenters. The van der Waals surface area contributed by atoms with Crippen LogP contribution in [0.25, 0.3) is 0 Å². The van der Waals surface area contributed by atoms with E-state index in [4.69, 9.17) is 4.79 Å². The van der Waals surface area contributed by atoms with Gasteiger partial charge in [-0.15, -0.1) is 0 Å². The number of nitrogens with one attached hydrogen (secondary N) is 2. The minimum atomic E-state index is 0.250. The SMILES string of the molecule is CC1(C)NCC12CCNCC2.NC=O. The van der Waals surface area contributed by atoms with Crippen molar-refractivity contribution in [3.63, 3.8) is 0 Å². The maximum absolute atomic E-state index is 8.58. The molecule has 0 bridgehead atoms. The number of amides is 1. The minimum absolute atomic E-state index is 0.250. The molecule has 2 heterocycles. The van der Waals surface area contributed by atoms with Gasteiger partial charge in [0.2, 0.25) is 6.41 Å². The van der Waals surface area contributed by atoms with Crippen LogP contribution in [0.15, 0.2) is 0 Å². The van der Waals surface area contributed by atoms with Crippen molar-refractivity contribution in [2.75, 3.05) is 19.6 Å². The predicted octanol–water partition coefficient (Wildman–Crippen LogP) is -0.160. The monoisotopic (exact) mass is 199 g/mol.